The van der Waals surface area contributed by atoms with Gasteiger partial charge in [0.15, 0.2) is 0 Å². The quantitative estimate of drug-likeness (QED) is 0.300. The van der Waals surface area contributed by atoms with Gasteiger partial charge in [-0.25, -0.2) is 4.98 Å². The van der Waals surface area contributed by atoms with Crippen LogP contribution < -0.4 is 10.2 Å². The van der Waals surface area contributed by atoms with Crippen molar-refractivity contribution < 1.29 is 4.74 Å². The van der Waals surface area contributed by atoms with Crippen molar-refractivity contribution in [1.29, 1.82) is 0 Å². The van der Waals surface area contributed by atoms with Crippen molar-refractivity contribution in [2.24, 2.45) is 5.10 Å². The Morgan fingerprint density at radius 1 is 0.931 bits per heavy atom. The summed E-state index contributed by atoms with van der Waals surface area (Å²) in [4.78, 5) is 5.81. The van der Waals surface area contributed by atoms with Crippen molar-refractivity contribution in [3.05, 3.63) is 101 Å². The van der Waals surface area contributed by atoms with E-state index in [9.17, 15) is 0 Å². The molecule has 1 heterocycles. The Bertz CT molecular complexity index is 1070. The number of aryl methyl sites for hydroxylation is 1. The lowest BCUT2D eigenvalue weighted by atomic mass is 10.1. The molecule has 0 spiro atoms. The number of hydrazone groups is 1. The van der Waals surface area contributed by atoms with Gasteiger partial charge in [0.1, 0.15) is 12.4 Å². The van der Waals surface area contributed by atoms with Gasteiger partial charge in [0.2, 0.25) is 5.13 Å². The van der Waals surface area contributed by atoms with Crippen molar-refractivity contribution in [2.75, 3.05) is 5.43 Å². The Morgan fingerprint density at radius 2 is 1.62 bits per heavy atom. The number of thiazole rings is 1. The van der Waals surface area contributed by atoms with Gasteiger partial charge in [0.05, 0.1) is 11.9 Å². The molecule has 0 aliphatic rings. The maximum atomic E-state index is 5.81. The first-order chi connectivity index (χ1) is 14.3. The molecule has 144 valence electrons. The molecule has 29 heavy (non-hydrogen) atoms. The predicted octanol–water partition coefficient (Wildman–Crippen LogP) is 6.14. The van der Waals surface area contributed by atoms with Crippen LogP contribution in [0.3, 0.4) is 0 Å². The van der Waals surface area contributed by atoms with Crippen molar-refractivity contribution in [2.45, 2.75) is 13.5 Å². The minimum Gasteiger partial charge on any atom is -0.489 e. The van der Waals surface area contributed by atoms with Crippen LogP contribution in [0.2, 0.25) is 0 Å². The molecule has 0 saturated heterocycles. The Morgan fingerprint density at radius 3 is 2.34 bits per heavy atom. The Kier molecular flexibility index (Phi) is 5.98. The standard InChI is InChI=1S/C24H21N3OS/c1-18-23(21-10-6-3-7-11-21)26-24(29-18)27-25-16-19-12-14-22(15-13-19)28-17-20-8-4-2-5-9-20/h2-16H,17H2,1H3,(H,26,27)/b25-16+. The van der Waals surface area contributed by atoms with E-state index < -0.39 is 0 Å². The first kappa shape index (κ1) is 18.9. The van der Waals surface area contributed by atoms with Crippen LogP contribution in [0.4, 0.5) is 5.13 Å². The van der Waals surface area contributed by atoms with Gasteiger partial charge < -0.3 is 4.74 Å². The molecule has 0 unspecified atom stereocenters. The molecule has 0 aliphatic heterocycles. The summed E-state index contributed by atoms with van der Waals surface area (Å²) in [6.45, 7) is 2.63. The van der Waals surface area contributed by atoms with E-state index in [0.29, 0.717) is 6.61 Å². The maximum Gasteiger partial charge on any atom is 0.204 e. The zero-order valence-electron chi connectivity index (χ0n) is 16.1. The Labute approximate surface area is 174 Å². The lowest BCUT2D eigenvalue weighted by Crippen LogP contribution is -1.95. The number of anilines is 1. The van der Waals surface area contributed by atoms with Crippen molar-refractivity contribution in [3.63, 3.8) is 0 Å². The molecule has 4 aromatic rings. The summed E-state index contributed by atoms with van der Waals surface area (Å²) >= 11 is 1.60. The van der Waals surface area contributed by atoms with Gasteiger partial charge in [-0.3, -0.25) is 5.43 Å². The topological polar surface area (TPSA) is 46.5 Å². The second-order valence-corrected chi connectivity index (χ2v) is 7.71. The molecule has 0 radical (unpaired) electrons. The third kappa shape index (κ3) is 5.09. The fourth-order valence-electron chi connectivity index (χ4n) is 2.86. The summed E-state index contributed by atoms with van der Waals surface area (Å²) < 4.78 is 5.81. The van der Waals surface area contributed by atoms with Gasteiger partial charge in [-0.2, -0.15) is 5.10 Å². The number of hydrogen-bond acceptors (Lipinski definition) is 5. The third-order valence-corrected chi connectivity index (χ3v) is 5.22. The van der Waals surface area contributed by atoms with E-state index in [1.165, 1.54) is 0 Å². The highest BCUT2D eigenvalue weighted by Gasteiger charge is 2.08. The van der Waals surface area contributed by atoms with Crippen LogP contribution in [0.15, 0.2) is 90.0 Å². The average molecular weight is 400 g/mol. The van der Waals surface area contributed by atoms with Crippen molar-refractivity contribution in [1.82, 2.24) is 4.98 Å². The van der Waals surface area contributed by atoms with Gasteiger partial charge >= 0.3 is 0 Å². The van der Waals surface area contributed by atoms with E-state index in [1.807, 2.05) is 60.7 Å². The summed E-state index contributed by atoms with van der Waals surface area (Å²) in [6.07, 6.45) is 1.78. The van der Waals surface area contributed by atoms with E-state index in [-0.39, 0.29) is 0 Å². The zero-order chi connectivity index (χ0) is 19.9. The smallest absolute Gasteiger partial charge is 0.204 e. The van der Waals surface area contributed by atoms with Gasteiger partial charge in [-0.05, 0) is 42.3 Å². The van der Waals surface area contributed by atoms with Crippen LogP contribution in [-0.4, -0.2) is 11.2 Å². The van der Waals surface area contributed by atoms with Gasteiger partial charge in [0.25, 0.3) is 0 Å². The second kappa shape index (κ2) is 9.17. The SMILES string of the molecule is Cc1sc(N/N=C/c2ccc(OCc3ccccc3)cc2)nc1-c1ccccc1. The molecule has 1 N–H and O–H groups in total. The van der Waals surface area contributed by atoms with Crippen LogP contribution in [0.25, 0.3) is 11.3 Å². The van der Waals surface area contributed by atoms with Crippen LogP contribution in [-0.2, 0) is 6.61 Å². The van der Waals surface area contributed by atoms with Gasteiger partial charge in [-0.15, -0.1) is 11.3 Å². The number of aromatic nitrogens is 1. The second-order valence-electron chi connectivity index (χ2n) is 6.50. The average Bonchev–Trinajstić information content (AvgIpc) is 3.15. The molecular formula is C24H21N3OS. The maximum absolute atomic E-state index is 5.81. The Balaban J connectivity index is 1.34. The summed E-state index contributed by atoms with van der Waals surface area (Å²) in [5, 5.41) is 5.09. The molecule has 0 saturated carbocycles. The molecule has 0 aliphatic carbocycles. The first-order valence-corrected chi connectivity index (χ1v) is 10.2. The molecule has 0 fully saturated rings. The molecule has 1 aromatic heterocycles. The highest BCUT2D eigenvalue weighted by molar-refractivity contribution is 7.15. The zero-order valence-corrected chi connectivity index (χ0v) is 16.9. The molecule has 0 amide bonds. The van der Waals surface area contributed by atoms with E-state index in [1.54, 1.807) is 17.6 Å². The van der Waals surface area contributed by atoms with Crippen LogP contribution in [0, 0.1) is 6.92 Å². The number of benzene rings is 3. The fourth-order valence-corrected chi connectivity index (χ4v) is 3.65. The first-order valence-electron chi connectivity index (χ1n) is 9.37. The van der Waals surface area contributed by atoms with Crippen LogP contribution in [0.5, 0.6) is 5.75 Å². The van der Waals surface area contributed by atoms with Gasteiger partial charge in [0, 0.05) is 10.4 Å². The van der Waals surface area contributed by atoms with Crippen molar-refractivity contribution >= 4 is 22.7 Å². The summed E-state index contributed by atoms with van der Waals surface area (Å²) in [5.41, 5.74) is 7.28. The number of nitrogens with zero attached hydrogens (tertiary/aromatic N) is 2. The van der Waals surface area contributed by atoms with E-state index in [0.717, 1.165) is 38.1 Å². The molecule has 4 nitrogen and oxygen atoms in total. The normalized spacial score (nSPS) is 10.9. The van der Waals surface area contributed by atoms with E-state index in [4.69, 9.17) is 4.74 Å². The molecule has 5 heteroatoms. The lowest BCUT2D eigenvalue weighted by molar-refractivity contribution is 0.306. The summed E-state index contributed by atoms with van der Waals surface area (Å²) in [5.74, 6) is 0.835. The highest BCUT2D eigenvalue weighted by atomic mass is 32.1. The Hall–Kier alpha value is -3.44. The highest BCUT2D eigenvalue weighted by Crippen LogP contribution is 2.30. The molecule has 0 atom stereocenters. The van der Waals surface area contributed by atoms with Gasteiger partial charge in [-0.1, -0.05) is 60.7 Å². The van der Waals surface area contributed by atoms with E-state index >= 15 is 0 Å². The summed E-state index contributed by atoms with van der Waals surface area (Å²) in [7, 11) is 0. The predicted molar refractivity (Wildman–Crippen MR) is 121 cm³/mol. The minimum absolute atomic E-state index is 0.559. The lowest BCUT2D eigenvalue weighted by Gasteiger charge is -2.06. The van der Waals surface area contributed by atoms with Crippen molar-refractivity contribution in [3.8, 4) is 17.0 Å². The molecule has 4 rings (SSSR count). The number of rotatable bonds is 7. The fraction of sp³-hybridized carbons (Fsp3) is 0.0833. The van der Waals surface area contributed by atoms with Crippen LogP contribution in [0.1, 0.15) is 16.0 Å². The number of ether oxygens (including phenoxy) is 1. The largest absolute Gasteiger partial charge is 0.489 e. The van der Waals surface area contributed by atoms with E-state index in [2.05, 4.69) is 46.7 Å². The molecular weight excluding hydrogens is 378 g/mol. The molecule has 3 aromatic carbocycles. The molecule has 0 bridgehead atoms. The number of nitrogens with one attached hydrogen (secondary N) is 1. The third-order valence-electron chi connectivity index (χ3n) is 4.35. The number of hydrogen-bond donors (Lipinski definition) is 1. The minimum atomic E-state index is 0.559. The summed E-state index contributed by atoms with van der Waals surface area (Å²) in [6, 6.07) is 28.2. The van der Waals surface area contributed by atoms with Crippen LogP contribution >= 0.6 is 11.3 Å². The monoisotopic (exact) mass is 399 g/mol.